The number of hydrogen-bond donors (Lipinski definition) is 2. The topological polar surface area (TPSA) is 63.8 Å². The Labute approximate surface area is 107 Å². The summed E-state index contributed by atoms with van der Waals surface area (Å²) in [7, 11) is 0. The van der Waals surface area contributed by atoms with Gasteiger partial charge in [-0.3, -0.25) is 0 Å². The fourth-order valence-corrected chi connectivity index (χ4v) is 4.98. The van der Waals surface area contributed by atoms with Crippen molar-refractivity contribution in [1.82, 2.24) is 9.97 Å². The molecule has 3 N–H and O–H groups in total. The lowest BCUT2D eigenvalue weighted by atomic mass is 9.53. The number of nitrogens with zero attached hydrogens (tertiary/aromatic N) is 2. The van der Waals surface area contributed by atoms with E-state index in [1.165, 1.54) is 38.5 Å². The van der Waals surface area contributed by atoms with Crippen LogP contribution in [0.25, 0.3) is 0 Å². The first-order valence-electron chi connectivity index (χ1n) is 7.06. The normalized spacial score (nSPS) is 41.0. The molecule has 96 valence electrons. The Balaban J connectivity index is 1.60. The highest BCUT2D eigenvalue weighted by Gasteiger charge is 2.51. The van der Waals surface area contributed by atoms with Gasteiger partial charge in [-0.05, 0) is 56.3 Å². The molecule has 0 atom stereocenters. The van der Waals surface area contributed by atoms with Crippen molar-refractivity contribution in [3.05, 3.63) is 12.4 Å². The Morgan fingerprint density at radius 2 is 1.67 bits per heavy atom. The van der Waals surface area contributed by atoms with Crippen LogP contribution in [0.5, 0.6) is 0 Å². The van der Waals surface area contributed by atoms with E-state index in [-0.39, 0.29) is 0 Å². The number of anilines is 2. The molecule has 0 aliphatic heterocycles. The van der Waals surface area contributed by atoms with Crippen LogP contribution in [0, 0.1) is 17.8 Å². The third-order valence-electron chi connectivity index (χ3n) is 5.12. The molecular formula is C14H20N4. The van der Waals surface area contributed by atoms with Gasteiger partial charge in [0.15, 0.2) is 0 Å². The van der Waals surface area contributed by atoms with Gasteiger partial charge in [-0.2, -0.15) is 0 Å². The molecule has 4 saturated carbocycles. The predicted octanol–water partition coefficient (Wildman–Crippen LogP) is 2.44. The molecule has 0 unspecified atom stereocenters. The van der Waals surface area contributed by atoms with Gasteiger partial charge in [0.1, 0.15) is 18.0 Å². The lowest BCUT2D eigenvalue weighted by Crippen LogP contribution is -2.54. The molecule has 0 amide bonds. The van der Waals surface area contributed by atoms with Gasteiger partial charge < -0.3 is 11.1 Å². The van der Waals surface area contributed by atoms with Gasteiger partial charge in [0, 0.05) is 11.6 Å². The third kappa shape index (κ3) is 1.66. The van der Waals surface area contributed by atoms with Crippen LogP contribution in [-0.2, 0) is 0 Å². The smallest absolute Gasteiger partial charge is 0.131 e. The maximum absolute atomic E-state index is 5.73. The molecule has 4 fully saturated rings. The van der Waals surface area contributed by atoms with Gasteiger partial charge in [0.05, 0.1) is 0 Å². The molecule has 4 heteroatoms. The van der Waals surface area contributed by atoms with Crippen LogP contribution in [0.4, 0.5) is 11.6 Å². The number of rotatable bonds is 2. The zero-order valence-electron chi connectivity index (χ0n) is 10.6. The van der Waals surface area contributed by atoms with Crippen molar-refractivity contribution >= 4 is 11.6 Å². The molecule has 4 aliphatic carbocycles. The van der Waals surface area contributed by atoms with Crippen molar-refractivity contribution in [1.29, 1.82) is 0 Å². The summed E-state index contributed by atoms with van der Waals surface area (Å²) in [6.07, 6.45) is 9.92. The van der Waals surface area contributed by atoms with E-state index in [0.717, 1.165) is 23.6 Å². The van der Waals surface area contributed by atoms with Gasteiger partial charge in [0.25, 0.3) is 0 Å². The van der Waals surface area contributed by atoms with E-state index in [4.69, 9.17) is 5.73 Å². The molecule has 18 heavy (non-hydrogen) atoms. The summed E-state index contributed by atoms with van der Waals surface area (Å²) in [4.78, 5) is 8.27. The zero-order valence-corrected chi connectivity index (χ0v) is 10.6. The summed E-state index contributed by atoms with van der Waals surface area (Å²) in [5, 5.41) is 3.70. The molecule has 4 nitrogen and oxygen atoms in total. The minimum atomic E-state index is 0.301. The van der Waals surface area contributed by atoms with E-state index in [1.54, 1.807) is 6.33 Å². The highest BCUT2D eigenvalue weighted by molar-refractivity contribution is 5.45. The molecular weight excluding hydrogens is 224 g/mol. The molecule has 4 bridgehead atoms. The predicted molar refractivity (Wildman–Crippen MR) is 71.0 cm³/mol. The monoisotopic (exact) mass is 244 g/mol. The van der Waals surface area contributed by atoms with Crippen molar-refractivity contribution in [3.63, 3.8) is 0 Å². The maximum atomic E-state index is 5.73. The molecule has 0 radical (unpaired) electrons. The van der Waals surface area contributed by atoms with Gasteiger partial charge in [-0.15, -0.1) is 0 Å². The second-order valence-electron chi connectivity index (χ2n) is 6.65. The van der Waals surface area contributed by atoms with Crippen molar-refractivity contribution in [3.8, 4) is 0 Å². The first-order valence-corrected chi connectivity index (χ1v) is 7.06. The fourth-order valence-electron chi connectivity index (χ4n) is 4.98. The highest BCUT2D eigenvalue weighted by Crippen LogP contribution is 2.56. The first kappa shape index (κ1) is 10.6. The van der Waals surface area contributed by atoms with Crippen LogP contribution in [0.2, 0.25) is 0 Å². The summed E-state index contributed by atoms with van der Waals surface area (Å²) in [5.41, 5.74) is 6.04. The van der Waals surface area contributed by atoms with Gasteiger partial charge in [-0.1, -0.05) is 0 Å². The quantitative estimate of drug-likeness (QED) is 0.838. The van der Waals surface area contributed by atoms with E-state index >= 15 is 0 Å². The van der Waals surface area contributed by atoms with Crippen molar-refractivity contribution in [2.45, 2.75) is 44.1 Å². The zero-order chi connectivity index (χ0) is 12.2. The van der Waals surface area contributed by atoms with E-state index in [1.807, 2.05) is 6.07 Å². The Morgan fingerprint density at radius 1 is 1.06 bits per heavy atom. The van der Waals surface area contributed by atoms with Crippen molar-refractivity contribution in [2.75, 3.05) is 11.1 Å². The molecule has 0 saturated heterocycles. The average molecular weight is 244 g/mol. The Bertz CT molecular complexity index is 435. The minimum Gasteiger partial charge on any atom is -0.384 e. The largest absolute Gasteiger partial charge is 0.384 e. The number of nitrogens with one attached hydrogen (secondary N) is 1. The molecule has 5 rings (SSSR count). The van der Waals surface area contributed by atoms with E-state index < -0.39 is 0 Å². The lowest BCUT2D eigenvalue weighted by molar-refractivity contribution is 0.0105. The van der Waals surface area contributed by atoms with Crippen LogP contribution in [0.3, 0.4) is 0 Å². The van der Waals surface area contributed by atoms with E-state index in [2.05, 4.69) is 15.3 Å². The molecule has 1 heterocycles. The molecule has 4 aliphatic rings. The van der Waals surface area contributed by atoms with Gasteiger partial charge in [-0.25, -0.2) is 9.97 Å². The van der Waals surface area contributed by atoms with Crippen LogP contribution >= 0.6 is 0 Å². The third-order valence-corrected chi connectivity index (χ3v) is 5.12. The van der Waals surface area contributed by atoms with Crippen molar-refractivity contribution < 1.29 is 0 Å². The lowest BCUT2D eigenvalue weighted by Gasteiger charge is -2.57. The van der Waals surface area contributed by atoms with Crippen LogP contribution in [-0.4, -0.2) is 15.5 Å². The summed E-state index contributed by atoms with van der Waals surface area (Å²) >= 11 is 0. The second kappa shape index (κ2) is 3.59. The van der Waals surface area contributed by atoms with Gasteiger partial charge >= 0.3 is 0 Å². The van der Waals surface area contributed by atoms with Crippen LogP contribution in [0.1, 0.15) is 38.5 Å². The summed E-state index contributed by atoms with van der Waals surface area (Å²) in [6.45, 7) is 0. The number of nitrogens with two attached hydrogens (primary N) is 1. The SMILES string of the molecule is Nc1cc(NC23CC4CC(CC(C4)C2)C3)ncn1. The standard InChI is InChI=1S/C14H20N4/c15-12-4-13(17-8-16-12)18-14-5-9-1-10(6-14)3-11(2-9)7-14/h4,8-11H,1-3,5-7H2,(H3,15,16,17,18). The number of nitrogen functional groups attached to an aromatic ring is 1. The highest BCUT2D eigenvalue weighted by atomic mass is 15.1. The summed E-state index contributed by atoms with van der Waals surface area (Å²) in [6, 6.07) is 1.86. The number of hydrogen-bond acceptors (Lipinski definition) is 4. The maximum Gasteiger partial charge on any atom is 0.131 e. The first-order chi connectivity index (χ1) is 8.71. The Morgan fingerprint density at radius 3 is 2.22 bits per heavy atom. The molecule has 0 aromatic carbocycles. The molecule has 1 aromatic heterocycles. The van der Waals surface area contributed by atoms with Crippen LogP contribution < -0.4 is 11.1 Å². The summed E-state index contributed by atoms with van der Waals surface area (Å²) < 4.78 is 0. The Kier molecular flexibility index (Phi) is 2.11. The average Bonchev–Trinajstić information content (AvgIpc) is 2.25. The summed E-state index contributed by atoms with van der Waals surface area (Å²) in [5.74, 6) is 4.30. The van der Waals surface area contributed by atoms with E-state index in [9.17, 15) is 0 Å². The van der Waals surface area contributed by atoms with Crippen LogP contribution in [0.15, 0.2) is 12.4 Å². The molecule has 1 aromatic rings. The second-order valence-corrected chi connectivity index (χ2v) is 6.65. The van der Waals surface area contributed by atoms with Gasteiger partial charge in [0.2, 0.25) is 0 Å². The minimum absolute atomic E-state index is 0.301. The molecule has 0 spiro atoms. The van der Waals surface area contributed by atoms with Crippen molar-refractivity contribution in [2.24, 2.45) is 17.8 Å². The Hall–Kier alpha value is -1.32. The fraction of sp³-hybridized carbons (Fsp3) is 0.714. The van der Waals surface area contributed by atoms with E-state index in [0.29, 0.717) is 11.4 Å². The number of aromatic nitrogens is 2.